The number of urea groups is 1. The minimum absolute atomic E-state index is 0.103. The normalized spacial score (nSPS) is 10.5. The fraction of sp³-hybridized carbons (Fsp3) is 0.381. The molecule has 0 saturated carbocycles. The molecular formula is C21H28N2O3. The van der Waals surface area contributed by atoms with Crippen LogP contribution in [-0.2, 0) is 13.1 Å². The number of carbonyl (C=O) groups is 1. The molecule has 0 bridgehead atoms. The summed E-state index contributed by atoms with van der Waals surface area (Å²) in [5, 5.41) is 2.98. The van der Waals surface area contributed by atoms with Crippen molar-refractivity contribution in [3.8, 4) is 11.5 Å². The Kier molecular flexibility index (Phi) is 7.33. The van der Waals surface area contributed by atoms with Crippen molar-refractivity contribution in [2.45, 2.75) is 40.0 Å². The topological polar surface area (TPSA) is 50.8 Å². The number of para-hydroxylation sites is 1. The zero-order valence-electron chi connectivity index (χ0n) is 16.0. The van der Waals surface area contributed by atoms with Gasteiger partial charge in [0, 0.05) is 18.7 Å². The predicted molar refractivity (Wildman–Crippen MR) is 104 cm³/mol. The fourth-order valence-corrected chi connectivity index (χ4v) is 2.66. The summed E-state index contributed by atoms with van der Waals surface area (Å²) in [5.74, 6) is 1.60. The van der Waals surface area contributed by atoms with Crippen molar-refractivity contribution >= 4 is 6.03 Å². The van der Waals surface area contributed by atoms with E-state index in [1.54, 1.807) is 12.0 Å². The fourth-order valence-electron chi connectivity index (χ4n) is 2.66. The molecule has 0 atom stereocenters. The van der Waals surface area contributed by atoms with Crippen molar-refractivity contribution in [2.75, 3.05) is 13.7 Å². The van der Waals surface area contributed by atoms with E-state index in [0.29, 0.717) is 19.6 Å². The second kappa shape index (κ2) is 9.70. The van der Waals surface area contributed by atoms with E-state index >= 15 is 0 Å². The molecule has 0 aliphatic carbocycles. The summed E-state index contributed by atoms with van der Waals surface area (Å²) in [6.45, 7) is 7.52. The van der Waals surface area contributed by atoms with E-state index in [-0.39, 0.29) is 12.1 Å². The Labute approximate surface area is 155 Å². The Hall–Kier alpha value is -2.69. The first-order valence-corrected chi connectivity index (χ1v) is 8.93. The minimum Gasteiger partial charge on any atom is -0.496 e. The molecule has 2 aromatic carbocycles. The lowest BCUT2D eigenvalue weighted by molar-refractivity contribution is 0.197. The molecule has 0 aliphatic heterocycles. The quantitative estimate of drug-likeness (QED) is 0.771. The first kappa shape index (κ1) is 19.6. The third-order valence-corrected chi connectivity index (χ3v) is 3.94. The van der Waals surface area contributed by atoms with Crippen LogP contribution in [0.5, 0.6) is 11.5 Å². The molecule has 5 heteroatoms. The molecule has 0 heterocycles. The van der Waals surface area contributed by atoms with Crippen molar-refractivity contribution in [3.63, 3.8) is 0 Å². The highest BCUT2D eigenvalue weighted by Crippen LogP contribution is 2.19. The van der Waals surface area contributed by atoms with E-state index in [9.17, 15) is 4.79 Å². The highest BCUT2D eigenvalue weighted by Gasteiger charge is 2.14. The zero-order valence-corrected chi connectivity index (χ0v) is 16.0. The molecule has 26 heavy (non-hydrogen) atoms. The lowest BCUT2D eigenvalue weighted by Gasteiger charge is -2.22. The van der Waals surface area contributed by atoms with Gasteiger partial charge in [-0.05, 0) is 44.5 Å². The van der Waals surface area contributed by atoms with Gasteiger partial charge in [0.05, 0.1) is 19.8 Å². The Balaban J connectivity index is 1.97. The van der Waals surface area contributed by atoms with E-state index in [4.69, 9.17) is 9.47 Å². The van der Waals surface area contributed by atoms with Crippen LogP contribution in [0, 0.1) is 0 Å². The van der Waals surface area contributed by atoms with Gasteiger partial charge in [0.15, 0.2) is 0 Å². The Bertz CT molecular complexity index is 716. The van der Waals surface area contributed by atoms with Gasteiger partial charge < -0.3 is 19.7 Å². The maximum Gasteiger partial charge on any atom is 0.317 e. The van der Waals surface area contributed by atoms with Gasteiger partial charge in [0.25, 0.3) is 0 Å². The Morgan fingerprint density at radius 2 is 1.92 bits per heavy atom. The average molecular weight is 356 g/mol. The average Bonchev–Trinajstić information content (AvgIpc) is 2.64. The van der Waals surface area contributed by atoms with Gasteiger partial charge in [-0.3, -0.25) is 0 Å². The van der Waals surface area contributed by atoms with Gasteiger partial charge in [-0.15, -0.1) is 0 Å². The summed E-state index contributed by atoms with van der Waals surface area (Å²) < 4.78 is 11.1. The summed E-state index contributed by atoms with van der Waals surface area (Å²) in [6, 6.07) is 15.4. The molecule has 0 aliphatic rings. The van der Waals surface area contributed by atoms with E-state index in [1.807, 2.05) is 69.3 Å². The summed E-state index contributed by atoms with van der Waals surface area (Å²) >= 11 is 0. The molecule has 0 aromatic heterocycles. The molecule has 1 N–H and O–H groups in total. The van der Waals surface area contributed by atoms with Crippen LogP contribution < -0.4 is 14.8 Å². The van der Waals surface area contributed by atoms with Crippen LogP contribution in [0.2, 0.25) is 0 Å². The third kappa shape index (κ3) is 5.69. The van der Waals surface area contributed by atoms with Gasteiger partial charge in [-0.2, -0.15) is 0 Å². The van der Waals surface area contributed by atoms with Crippen LogP contribution >= 0.6 is 0 Å². The number of hydrogen-bond acceptors (Lipinski definition) is 3. The van der Waals surface area contributed by atoms with Crippen molar-refractivity contribution in [1.82, 2.24) is 10.2 Å². The third-order valence-electron chi connectivity index (χ3n) is 3.94. The maximum atomic E-state index is 12.6. The Morgan fingerprint density at radius 1 is 1.15 bits per heavy atom. The van der Waals surface area contributed by atoms with Gasteiger partial charge >= 0.3 is 6.03 Å². The summed E-state index contributed by atoms with van der Waals surface area (Å²) in [7, 11) is 1.64. The molecule has 0 saturated heterocycles. The number of amides is 2. The van der Waals surface area contributed by atoms with Crippen LogP contribution in [0.15, 0.2) is 48.5 Å². The Morgan fingerprint density at radius 3 is 2.62 bits per heavy atom. The molecular weight excluding hydrogens is 328 g/mol. The number of ether oxygens (including phenoxy) is 2. The number of rotatable bonds is 8. The standard InChI is InChI=1S/C21H28N2O3/c1-5-23(15-18-10-6-7-12-20(18)25-4)21(24)22-14-17-9-8-11-19(13-17)26-16(2)3/h6-13,16H,5,14-15H2,1-4H3,(H,22,24). The first-order chi connectivity index (χ1) is 12.5. The van der Waals surface area contributed by atoms with E-state index in [0.717, 1.165) is 22.6 Å². The van der Waals surface area contributed by atoms with Crippen molar-refractivity contribution in [1.29, 1.82) is 0 Å². The first-order valence-electron chi connectivity index (χ1n) is 8.93. The van der Waals surface area contributed by atoms with Crippen LogP contribution in [0.1, 0.15) is 31.9 Å². The van der Waals surface area contributed by atoms with Gasteiger partial charge in [-0.25, -0.2) is 4.79 Å². The number of methoxy groups -OCH3 is 1. The van der Waals surface area contributed by atoms with Crippen LogP contribution in [0.25, 0.3) is 0 Å². The molecule has 2 amide bonds. The molecule has 2 rings (SSSR count). The smallest absolute Gasteiger partial charge is 0.317 e. The molecule has 140 valence electrons. The number of nitrogens with zero attached hydrogens (tertiary/aromatic N) is 1. The van der Waals surface area contributed by atoms with Crippen molar-refractivity contribution in [3.05, 3.63) is 59.7 Å². The minimum atomic E-state index is -0.103. The molecule has 0 radical (unpaired) electrons. The monoisotopic (exact) mass is 356 g/mol. The predicted octanol–water partition coefficient (Wildman–Crippen LogP) is 4.21. The number of carbonyl (C=O) groups excluding carboxylic acids is 1. The summed E-state index contributed by atoms with van der Waals surface area (Å²) in [6.07, 6.45) is 0.122. The molecule has 0 spiro atoms. The largest absolute Gasteiger partial charge is 0.496 e. The van der Waals surface area contributed by atoms with Crippen LogP contribution in [0.4, 0.5) is 4.79 Å². The SMILES string of the molecule is CCN(Cc1ccccc1OC)C(=O)NCc1cccc(OC(C)C)c1. The highest BCUT2D eigenvalue weighted by atomic mass is 16.5. The molecule has 5 nitrogen and oxygen atoms in total. The maximum absolute atomic E-state index is 12.6. The van der Waals surface area contributed by atoms with Crippen LogP contribution in [0.3, 0.4) is 0 Å². The van der Waals surface area contributed by atoms with Gasteiger partial charge in [0.2, 0.25) is 0 Å². The van der Waals surface area contributed by atoms with Crippen molar-refractivity contribution in [2.24, 2.45) is 0 Å². The molecule has 2 aromatic rings. The highest BCUT2D eigenvalue weighted by molar-refractivity contribution is 5.74. The van der Waals surface area contributed by atoms with Crippen molar-refractivity contribution < 1.29 is 14.3 Å². The zero-order chi connectivity index (χ0) is 18.9. The van der Waals surface area contributed by atoms with Gasteiger partial charge in [-0.1, -0.05) is 30.3 Å². The summed E-state index contributed by atoms with van der Waals surface area (Å²) in [4.78, 5) is 14.3. The number of hydrogen-bond donors (Lipinski definition) is 1. The second-order valence-electron chi connectivity index (χ2n) is 6.30. The van der Waals surface area contributed by atoms with E-state index in [1.165, 1.54) is 0 Å². The number of nitrogens with one attached hydrogen (secondary N) is 1. The van der Waals surface area contributed by atoms with Crippen LogP contribution in [-0.4, -0.2) is 30.7 Å². The number of benzene rings is 2. The lowest BCUT2D eigenvalue weighted by Crippen LogP contribution is -2.39. The molecule has 0 fully saturated rings. The molecule has 0 unspecified atom stereocenters. The van der Waals surface area contributed by atoms with E-state index in [2.05, 4.69) is 5.32 Å². The van der Waals surface area contributed by atoms with Gasteiger partial charge in [0.1, 0.15) is 11.5 Å². The van der Waals surface area contributed by atoms with E-state index < -0.39 is 0 Å². The second-order valence-corrected chi connectivity index (χ2v) is 6.30. The summed E-state index contributed by atoms with van der Waals surface area (Å²) in [5.41, 5.74) is 1.99. The lowest BCUT2D eigenvalue weighted by atomic mass is 10.2.